The van der Waals surface area contributed by atoms with E-state index in [2.05, 4.69) is 20.4 Å². The van der Waals surface area contributed by atoms with Gasteiger partial charge in [-0.25, -0.2) is 0 Å². The molecule has 0 amide bonds. The van der Waals surface area contributed by atoms with E-state index in [1.54, 1.807) is 6.07 Å². The van der Waals surface area contributed by atoms with E-state index in [9.17, 15) is 13.2 Å². The van der Waals surface area contributed by atoms with Crippen LogP contribution in [0.4, 0.5) is 13.2 Å². The van der Waals surface area contributed by atoms with E-state index in [0.717, 1.165) is 31.3 Å². The average molecular weight is 381 g/mol. The minimum absolute atomic E-state index is 0. The molecule has 1 aromatic heterocycles. The molecule has 9 heteroatoms. The van der Waals surface area contributed by atoms with Gasteiger partial charge in [-0.2, -0.15) is 18.3 Å². The van der Waals surface area contributed by atoms with Crippen molar-refractivity contribution in [1.29, 1.82) is 0 Å². The van der Waals surface area contributed by atoms with Gasteiger partial charge in [-0.15, -0.1) is 12.4 Å². The summed E-state index contributed by atoms with van der Waals surface area (Å²) in [5.74, 6) is 0. The van der Waals surface area contributed by atoms with E-state index in [1.807, 2.05) is 18.2 Å². The molecule has 0 bridgehead atoms. The molecule has 0 saturated carbocycles. The van der Waals surface area contributed by atoms with Crippen LogP contribution in [0.3, 0.4) is 0 Å². The Hall–Kier alpha value is -1.28. The van der Waals surface area contributed by atoms with Crippen LogP contribution in [-0.4, -0.2) is 34.7 Å². The molecule has 1 unspecified atom stereocenters. The van der Waals surface area contributed by atoms with Gasteiger partial charge in [-0.05, 0) is 23.8 Å². The summed E-state index contributed by atoms with van der Waals surface area (Å²) < 4.78 is 37.9. The third-order valence-electron chi connectivity index (χ3n) is 3.88. The Morgan fingerprint density at radius 1 is 1.29 bits per heavy atom. The number of nitrogens with zero attached hydrogens (tertiary/aromatic N) is 2. The van der Waals surface area contributed by atoms with E-state index in [1.165, 1.54) is 0 Å². The second kappa shape index (κ2) is 7.74. The van der Waals surface area contributed by atoms with E-state index >= 15 is 0 Å². The van der Waals surface area contributed by atoms with Crippen LogP contribution in [0, 0.1) is 0 Å². The van der Waals surface area contributed by atoms with E-state index in [-0.39, 0.29) is 18.4 Å². The van der Waals surface area contributed by atoms with Crippen LogP contribution in [0.5, 0.6) is 0 Å². The van der Waals surface area contributed by atoms with Gasteiger partial charge in [0.25, 0.3) is 0 Å². The summed E-state index contributed by atoms with van der Waals surface area (Å²) in [7, 11) is 0. The predicted molar refractivity (Wildman–Crippen MR) is 88.3 cm³/mol. The van der Waals surface area contributed by atoms with Crippen molar-refractivity contribution < 1.29 is 13.2 Å². The number of hydrogen-bond donors (Lipinski definition) is 2. The molecule has 2 N–H and O–H groups in total. The molecular weight excluding hydrogens is 364 g/mol. The van der Waals surface area contributed by atoms with E-state index in [0.29, 0.717) is 17.3 Å². The van der Waals surface area contributed by atoms with Gasteiger partial charge in [0, 0.05) is 42.9 Å². The molecule has 1 saturated heterocycles. The largest absolute Gasteiger partial charge is 0.435 e. The first kappa shape index (κ1) is 19.1. The lowest BCUT2D eigenvalue weighted by Crippen LogP contribution is -2.45. The number of hydrogen-bond acceptors (Lipinski definition) is 3. The summed E-state index contributed by atoms with van der Waals surface area (Å²) in [5.41, 5.74) is 0.605. The van der Waals surface area contributed by atoms with Crippen LogP contribution in [0.25, 0.3) is 0 Å². The topological polar surface area (TPSA) is 44.0 Å². The highest BCUT2D eigenvalue weighted by Gasteiger charge is 2.34. The molecule has 1 fully saturated rings. The van der Waals surface area contributed by atoms with Crippen LogP contribution in [0.1, 0.15) is 23.0 Å². The fourth-order valence-electron chi connectivity index (χ4n) is 2.78. The maximum Gasteiger partial charge on any atom is 0.435 e. The quantitative estimate of drug-likeness (QED) is 0.853. The molecule has 2 heterocycles. The van der Waals surface area contributed by atoms with Crippen LogP contribution in [0.15, 0.2) is 30.3 Å². The maximum atomic E-state index is 12.6. The smallest absolute Gasteiger partial charge is 0.314 e. The minimum atomic E-state index is -4.43. The number of halogens is 5. The lowest BCUT2D eigenvalue weighted by Gasteiger charge is -2.36. The van der Waals surface area contributed by atoms with E-state index < -0.39 is 11.9 Å². The van der Waals surface area contributed by atoms with Crippen molar-refractivity contribution in [2.24, 2.45) is 0 Å². The van der Waals surface area contributed by atoms with Gasteiger partial charge in [-0.1, -0.05) is 23.7 Å². The van der Waals surface area contributed by atoms with Crippen molar-refractivity contribution in [3.05, 3.63) is 52.3 Å². The van der Waals surface area contributed by atoms with Crippen molar-refractivity contribution in [3.63, 3.8) is 0 Å². The first-order valence-corrected chi connectivity index (χ1v) is 7.63. The van der Waals surface area contributed by atoms with Gasteiger partial charge in [0.15, 0.2) is 5.69 Å². The monoisotopic (exact) mass is 380 g/mol. The first-order chi connectivity index (χ1) is 10.9. The summed E-state index contributed by atoms with van der Waals surface area (Å²) in [6.07, 6.45) is -4.43. The summed E-state index contributed by atoms with van der Waals surface area (Å²) >= 11 is 6.05. The van der Waals surface area contributed by atoms with Gasteiger partial charge < -0.3 is 5.32 Å². The zero-order valence-corrected chi connectivity index (χ0v) is 14.2. The van der Waals surface area contributed by atoms with Crippen molar-refractivity contribution in [3.8, 4) is 0 Å². The third kappa shape index (κ3) is 4.42. The number of aromatic amines is 1. The third-order valence-corrected chi connectivity index (χ3v) is 4.12. The molecular formula is C15H17Cl2F3N4. The summed E-state index contributed by atoms with van der Waals surface area (Å²) in [4.78, 5) is 2.12. The molecule has 3 rings (SSSR count). The number of alkyl halides is 3. The van der Waals surface area contributed by atoms with E-state index in [4.69, 9.17) is 11.6 Å². The summed E-state index contributed by atoms with van der Waals surface area (Å²) in [5, 5.41) is 9.79. The van der Waals surface area contributed by atoms with Crippen LogP contribution >= 0.6 is 24.0 Å². The molecule has 1 aliphatic heterocycles. The molecule has 1 aromatic carbocycles. The Balaban J connectivity index is 0.00000208. The van der Waals surface area contributed by atoms with Gasteiger partial charge in [0.1, 0.15) is 0 Å². The zero-order chi connectivity index (χ0) is 16.4. The lowest BCUT2D eigenvalue weighted by molar-refractivity contribution is -0.141. The number of piperazine rings is 1. The second-order valence-electron chi connectivity index (χ2n) is 5.52. The Bertz CT molecular complexity index is 675. The highest BCUT2D eigenvalue weighted by molar-refractivity contribution is 6.30. The average Bonchev–Trinajstić information content (AvgIpc) is 2.96. The Kier molecular flexibility index (Phi) is 6.14. The fourth-order valence-corrected chi connectivity index (χ4v) is 2.98. The van der Waals surface area contributed by atoms with Gasteiger partial charge in [0.2, 0.25) is 0 Å². The van der Waals surface area contributed by atoms with Crippen molar-refractivity contribution in [2.45, 2.75) is 18.8 Å². The highest BCUT2D eigenvalue weighted by Crippen LogP contribution is 2.29. The number of rotatable bonds is 3. The Morgan fingerprint density at radius 2 is 2.08 bits per heavy atom. The predicted octanol–water partition coefficient (Wildman–Crippen LogP) is 3.65. The Labute approximate surface area is 148 Å². The molecule has 1 atom stereocenters. The van der Waals surface area contributed by atoms with Crippen LogP contribution in [0.2, 0.25) is 5.02 Å². The minimum Gasteiger partial charge on any atom is -0.314 e. The van der Waals surface area contributed by atoms with Crippen molar-refractivity contribution >= 4 is 24.0 Å². The van der Waals surface area contributed by atoms with Crippen LogP contribution < -0.4 is 5.32 Å². The molecule has 4 nitrogen and oxygen atoms in total. The SMILES string of the molecule is Cl.FC(F)(F)c1cc(CN2CCNCC2c2cccc(Cl)c2)[nH]n1. The normalized spacial score (nSPS) is 19.1. The molecule has 24 heavy (non-hydrogen) atoms. The molecule has 0 aliphatic carbocycles. The van der Waals surface area contributed by atoms with Gasteiger partial charge in [-0.3, -0.25) is 10.00 Å². The van der Waals surface area contributed by atoms with Crippen LogP contribution in [-0.2, 0) is 12.7 Å². The number of H-pyrrole nitrogens is 1. The number of nitrogens with one attached hydrogen (secondary N) is 2. The summed E-state index contributed by atoms with van der Waals surface area (Å²) in [6.45, 7) is 2.62. The standard InChI is InChI=1S/C15H16ClF3N4.ClH/c16-11-3-1-2-10(6-11)13-8-20-4-5-23(13)9-12-7-14(22-21-12)15(17,18)19;/h1-3,6-7,13,20H,4-5,8-9H2,(H,21,22);1H. The number of benzene rings is 1. The van der Waals surface area contributed by atoms with Crippen molar-refractivity contribution in [1.82, 2.24) is 20.4 Å². The fraction of sp³-hybridized carbons (Fsp3) is 0.400. The second-order valence-corrected chi connectivity index (χ2v) is 5.96. The molecule has 132 valence electrons. The lowest BCUT2D eigenvalue weighted by atomic mass is 10.0. The highest BCUT2D eigenvalue weighted by atomic mass is 35.5. The van der Waals surface area contributed by atoms with Gasteiger partial charge >= 0.3 is 6.18 Å². The number of aromatic nitrogens is 2. The zero-order valence-electron chi connectivity index (χ0n) is 12.6. The Morgan fingerprint density at radius 3 is 2.75 bits per heavy atom. The molecule has 0 spiro atoms. The van der Waals surface area contributed by atoms with Crippen molar-refractivity contribution in [2.75, 3.05) is 19.6 Å². The summed E-state index contributed by atoms with van der Waals surface area (Å²) in [6, 6.07) is 8.67. The molecule has 1 aliphatic rings. The van der Waals surface area contributed by atoms with Gasteiger partial charge in [0.05, 0.1) is 0 Å². The molecule has 2 aromatic rings. The first-order valence-electron chi connectivity index (χ1n) is 7.25. The molecule has 0 radical (unpaired) electrons. The maximum absolute atomic E-state index is 12.6.